The highest BCUT2D eigenvalue weighted by Gasteiger charge is 2.09. The zero-order chi connectivity index (χ0) is 13.8. The van der Waals surface area contributed by atoms with E-state index in [9.17, 15) is 9.90 Å². The number of halogens is 1. The van der Waals surface area contributed by atoms with Crippen LogP contribution in [-0.2, 0) is 6.54 Å². The minimum Gasteiger partial charge on any atom is -0.507 e. The van der Waals surface area contributed by atoms with Crippen LogP contribution < -0.4 is 5.32 Å². The van der Waals surface area contributed by atoms with Gasteiger partial charge in [-0.1, -0.05) is 23.7 Å². The molecule has 0 spiro atoms. The van der Waals surface area contributed by atoms with E-state index in [-0.39, 0.29) is 11.3 Å². The number of aromatic hydroxyl groups is 1. The topological polar surface area (TPSA) is 69.6 Å². The Labute approximate surface area is 115 Å². The SMILES string of the molecule is O=C(O)c1cc(NCc2ccc(Cl)cc2)ccc1O. The molecular weight excluding hydrogens is 266 g/mol. The van der Waals surface area contributed by atoms with Crippen molar-refractivity contribution in [2.45, 2.75) is 6.54 Å². The molecule has 3 N–H and O–H groups in total. The van der Waals surface area contributed by atoms with Crippen LogP contribution in [0, 0.1) is 0 Å². The van der Waals surface area contributed by atoms with Crippen molar-refractivity contribution in [2.75, 3.05) is 5.32 Å². The highest BCUT2D eigenvalue weighted by Crippen LogP contribution is 2.22. The van der Waals surface area contributed by atoms with E-state index in [2.05, 4.69) is 5.32 Å². The number of hydrogen-bond donors (Lipinski definition) is 3. The minimum absolute atomic E-state index is 0.124. The Morgan fingerprint density at radius 2 is 1.84 bits per heavy atom. The lowest BCUT2D eigenvalue weighted by Crippen LogP contribution is -2.02. The Bertz CT molecular complexity index is 596. The summed E-state index contributed by atoms with van der Waals surface area (Å²) < 4.78 is 0. The number of hydrogen-bond acceptors (Lipinski definition) is 3. The zero-order valence-electron chi connectivity index (χ0n) is 9.93. The minimum atomic E-state index is -1.16. The van der Waals surface area contributed by atoms with Crippen molar-refractivity contribution in [3.8, 4) is 5.75 Å². The first-order chi connectivity index (χ1) is 9.06. The summed E-state index contributed by atoms with van der Waals surface area (Å²) >= 11 is 5.79. The second kappa shape index (κ2) is 5.63. The molecule has 4 nitrogen and oxygen atoms in total. The molecule has 0 aliphatic heterocycles. The Morgan fingerprint density at radius 3 is 2.47 bits per heavy atom. The Balaban J connectivity index is 2.09. The van der Waals surface area contributed by atoms with E-state index in [1.54, 1.807) is 18.2 Å². The van der Waals surface area contributed by atoms with Crippen molar-refractivity contribution < 1.29 is 15.0 Å². The van der Waals surface area contributed by atoms with E-state index in [1.807, 2.05) is 12.1 Å². The largest absolute Gasteiger partial charge is 0.507 e. The summed E-state index contributed by atoms with van der Waals surface area (Å²) in [6, 6.07) is 11.7. The molecule has 0 amide bonds. The second-order valence-electron chi connectivity index (χ2n) is 4.02. The zero-order valence-corrected chi connectivity index (χ0v) is 10.7. The monoisotopic (exact) mass is 277 g/mol. The van der Waals surface area contributed by atoms with Gasteiger partial charge in [0, 0.05) is 17.3 Å². The normalized spacial score (nSPS) is 10.2. The van der Waals surface area contributed by atoms with Crippen molar-refractivity contribution in [1.29, 1.82) is 0 Å². The maximum Gasteiger partial charge on any atom is 0.339 e. The van der Waals surface area contributed by atoms with E-state index in [0.29, 0.717) is 17.3 Å². The van der Waals surface area contributed by atoms with Crippen LogP contribution in [0.4, 0.5) is 5.69 Å². The van der Waals surface area contributed by atoms with Crippen molar-refractivity contribution in [3.63, 3.8) is 0 Å². The van der Waals surface area contributed by atoms with E-state index < -0.39 is 5.97 Å². The molecule has 0 saturated heterocycles. The van der Waals surface area contributed by atoms with Gasteiger partial charge in [0.1, 0.15) is 11.3 Å². The summed E-state index contributed by atoms with van der Waals surface area (Å²) in [6.45, 7) is 0.543. The maximum absolute atomic E-state index is 10.9. The highest BCUT2D eigenvalue weighted by molar-refractivity contribution is 6.30. The van der Waals surface area contributed by atoms with E-state index >= 15 is 0 Å². The van der Waals surface area contributed by atoms with Gasteiger partial charge in [-0.2, -0.15) is 0 Å². The summed E-state index contributed by atoms with van der Waals surface area (Å²) in [4.78, 5) is 10.9. The van der Waals surface area contributed by atoms with Gasteiger partial charge in [-0.25, -0.2) is 4.79 Å². The van der Waals surface area contributed by atoms with Crippen molar-refractivity contribution >= 4 is 23.3 Å². The molecule has 2 aromatic carbocycles. The fraction of sp³-hybridized carbons (Fsp3) is 0.0714. The third kappa shape index (κ3) is 3.39. The van der Waals surface area contributed by atoms with Crippen LogP contribution in [0.15, 0.2) is 42.5 Å². The number of phenols is 1. The molecule has 0 fully saturated rings. The van der Waals surface area contributed by atoms with Crippen molar-refractivity contribution in [3.05, 3.63) is 58.6 Å². The first kappa shape index (κ1) is 13.2. The Kier molecular flexibility index (Phi) is 3.92. The molecule has 0 unspecified atom stereocenters. The highest BCUT2D eigenvalue weighted by atomic mass is 35.5. The van der Waals surface area contributed by atoms with Gasteiger partial charge in [-0.05, 0) is 35.9 Å². The predicted molar refractivity (Wildman–Crippen MR) is 73.8 cm³/mol. The third-order valence-electron chi connectivity index (χ3n) is 2.64. The average molecular weight is 278 g/mol. The quantitative estimate of drug-likeness (QED) is 0.750. The summed E-state index contributed by atoms with van der Waals surface area (Å²) in [6.07, 6.45) is 0. The molecule has 5 heteroatoms. The number of rotatable bonds is 4. The molecule has 19 heavy (non-hydrogen) atoms. The molecule has 0 heterocycles. The van der Waals surface area contributed by atoms with Crippen LogP contribution in [0.2, 0.25) is 5.02 Å². The lowest BCUT2D eigenvalue weighted by atomic mass is 10.1. The number of anilines is 1. The van der Waals surface area contributed by atoms with Gasteiger partial charge >= 0.3 is 5.97 Å². The maximum atomic E-state index is 10.9. The number of benzene rings is 2. The van der Waals surface area contributed by atoms with E-state index in [4.69, 9.17) is 16.7 Å². The summed E-state index contributed by atoms with van der Waals surface area (Å²) in [5.74, 6) is -1.41. The lowest BCUT2D eigenvalue weighted by Gasteiger charge is -2.08. The fourth-order valence-electron chi connectivity index (χ4n) is 1.62. The van der Waals surface area contributed by atoms with Gasteiger partial charge in [-0.3, -0.25) is 0 Å². The molecule has 0 bridgehead atoms. The van der Waals surface area contributed by atoms with Gasteiger partial charge < -0.3 is 15.5 Å². The van der Waals surface area contributed by atoms with Gasteiger partial charge in [0.2, 0.25) is 0 Å². The van der Waals surface area contributed by atoms with Crippen LogP contribution in [0.1, 0.15) is 15.9 Å². The first-order valence-corrected chi connectivity index (χ1v) is 5.98. The average Bonchev–Trinajstić information content (AvgIpc) is 2.39. The smallest absolute Gasteiger partial charge is 0.339 e. The standard InChI is InChI=1S/C14H12ClNO3/c15-10-3-1-9(2-4-10)8-16-11-5-6-13(17)12(7-11)14(18)19/h1-7,16-17H,8H2,(H,18,19). The van der Waals surface area contributed by atoms with Crippen LogP contribution >= 0.6 is 11.6 Å². The Morgan fingerprint density at radius 1 is 1.16 bits per heavy atom. The van der Waals surface area contributed by atoms with Crippen molar-refractivity contribution in [2.24, 2.45) is 0 Å². The van der Waals surface area contributed by atoms with Crippen LogP contribution in [0.5, 0.6) is 5.75 Å². The Hall–Kier alpha value is -2.20. The molecule has 2 aromatic rings. The summed E-state index contributed by atoms with van der Waals surface area (Å²) in [7, 11) is 0. The van der Waals surface area contributed by atoms with Gasteiger partial charge in [0.15, 0.2) is 0 Å². The molecule has 0 aliphatic rings. The van der Waals surface area contributed by atoms with Gasteiger partial charge in [0.05, 0.1) is 0 Å². The molecule has 0 atom stereocenters. The van der Waals surface area contributed by atoms with Crippen molar-refractivity contribution in [1.82, 2.24) is 0 Å². The number of aromatic carboxylic acids is 1. The van der Waals surface area contributed by atoms with Gasteiger partial charge in [0.25, 0.3) is 0 Å². The first-order valence-electron chi connectivity index (χ1n) is 5.61. The third-order valence-corrected chi connectivity index (χ3v) is 2.89. The van der Waals surface area contributed by atoms with Crippen LogP contribution in [0.25, 0.3) is 0 Å². The van der Waals surface area contributed by atoms with Gasteiger partial charge in [-0.15, -0.1) is 0 Å². The summed E-state index contributed by atoms with van der Waals surface area (Å²) in [5, 5.41) is 22.1. The fourth-order valence-corrected chi connectivity index (χ4v) is 1.75. The molecule has 0 saturated carbocycles. The van der Waals surface area contributed by atoms with E-state index in [1.165, 1.54) is 12.1 Å². The molecule has 0 aromatic heterocycles. The van der Waals surface area contributed by atoms with Crippen LogP contribution in [0.3, 0.4) is 0 Å². The number of carbonyl (C=O) groups is 1. The summed E-state index contributed by atoms with van der Waals surface area (Å²) in [5.41, 5.74) is 1.53. The lowest BCUT2D eigenvalue weighted by molar-refractivity contribution is 0.0694. The second-order valence-corrected chi connectivity index (χ2v) is 4.45. The number of nitrogens with one attached hydrogen (secondary N) is 1. The predicted octanol–water partition coefficient (Wildman–Crippen LogP) is 3.36. The van der Waals surface area contributed by atoms with Crippen LogP contribution in [-0.4, -0.2) is 16.2 Å². The molecule has 0 aliphatic carbocycles. The molecular formula is C14H12ClNO3. The number of carboxylic acids is 1. The molecule has 0 radical (unpaired) electrons. The molecule has 98 valence electrons. The van der Waals surface area contributed by atoms with E-state index in [0.717, 1.165) is 5.56 Å². The number of carboxylic acid groups (broad SMARTS) is 1. The molecule has 2 rings (SSSR count).